The Bertz CT molecular complexity index is 531. The highest BCUT2D eigenvalue weighted by molar-refractivity contribution is 6.34. The molecule has 1 saturated heterocycles. The van der Waals surface area contributed by atoms with Crippen molar-refractivity contribution in [1.29, 1.82) is 5.26 Å². The molecule has 1 unspecified atom stereocenters. The number of pyridine rings is 1. The molecule has 19 heavy (non-hydrogen) atoms. The van der Waals surface area contributed by atoms with Gasteiger partial charge in [-0.1, -0.05) is 24.9 Å². The summed E-state index contributed by atoms with van der Waals surface area (Å²) >= 11 is 6.34. The molecule has 1 aliphatic heterocycles. The van der Waals surface area contributed by atoms with E-state index in [1.165, 1.54) is 25.7 Å². The molecule has 1 aromatic rings. The average Bonchev–Trinajstić information content (AvgIpc) is 2.79. The number of hydrogen-bond acceptors (Lipinski definition) is 3. The molecule has 1 aliphatic carbocycles. The lowest BCUT2D eigenvalue weighted by Gasteiger charge is -2.38. The van der Waals surface area contributed by atoms with Crippen molar-refractivity contribution in [2.45, 2.75) is 45.1 Å². The topological polar surface area (TPSA) is 39.9 Å². The lowest BCUT2D eigenvalue weighted by molar-refractivity contribution is 0.159. The van der Waals surface area contributed by atoms with E-state index in [-0.39, 0.29) is 0 Å². The Hall–Kier alpha value is -1.27. The summed E-state index contributed by atoms with van der Waals surface area (Å²) in [5.41, 5.74) is 1.02. The highest BCUT2D eigenvalue weighted by atomic mass is 35.5. The minimum absolute atomic E-state index is 0.494. The van der Waals surface area contributed by atoms with E-state index in [1.54, 1.807) is 12.3 Å². The predicted octanol–water partition coefficient (Wildman–Crippen LogP) is 3.77. The minimum atomic E-state index is 0.494. The van der Waals surface area contributed by atoms with Crippen LogP contribution >= 0.6 is 11.6 Å². The van der Waals surface area contributed by atoms with Crippen LogP contribution in [0.2, 0.25) is 5.02 Å². The highest BCUT2D eigenvalue weighted by Gasteiger charge is 2.47. The standard InChI is InChI=1S/C15H18ClN3/c1-2-12-8-15(5-3-6-15)10-19(12)14-13(16)11(9-17)4-7-18-14/h4,7,12H,2-3,5-6,8,10H2,1H3. The highest BCUT2D eigenvalue weighted by Crippen LogP contribution is 2.52. The molecule has 0 N–H and O–H groups in total. The van der Waals surface area contributed by atoms with Crippen LogP contribution in [-0.4, -0.2) is 17.6 Å². The van der Waals surface area contributed by atoms with E-state index in [0.29, 0.717) is 22.0 Å². The Morgan fingerprint density at radius 2 is 2.37 bits per heavy atom. The molecule has 0 bridgehead atoms. The quantitative estimate of drug-likeness (QED) is 0.825. The third kappa shape index (κ3) is 1.99. The van der Waals surface area contributed by atoms with Crippen LogP contribution in [0.5, 0.6) is 0 Å². The molecule has 0 aromatic carbocycles. The van der Waals surface area contributed by atoms with E-state index >= 15 is 0 Å². The molecule has 2 fully saturated rings. The van der Waals surface area contributed by atoms with E-state index in [0.717, 1.165) is 18.8 Å². The number of rotatable bonds is 2. The molecule has 0 amide bonds. The molecule has 4 heteroatoms. The minimum Gasteiger partial charge on any atom is -0.352 e. The summed E-state index contributed by atoms with van der Waals surface area (Å²) in [6, 6.07) is 4.34. The van der Waals surface area contributed by atoms with Crippen molar-refractivity contribution in [3.05, 3.63) is 22.8 Å². The van der Waals surface area contributed by atoms with Crippen LogP contribution in [0, 0.1) is 16.7 Å². The lowest BCUT2D eigenvalue weighted by Crippen LogP contribution is -2.34. The Balaban J connectivity index is 1.95. The summed E-state index contributed by atoms with van der Waals surface area (Å²) in [5, 5.41) is 9.60. The van der Waals surface area contributed by atoms with E-state index in [1.807, 2.05) is 0 Å². The van der Waals surface area contributed by atoms with Gasteiger partial charge in [-0.2, -0.15) is 5.26 Å². The SMILES string of the molecule is CCC1CC2(CCC2)CN1c1nccc(C#N)c1Cl. The van der Waals surface area contributed by atoms with Crippen molar-refractivity contribution < 1.29 is 0 Å². The fraction of sp³-hybridized carbons (Fsp3) is 0.600. The van der Waals surface area contributed by atoms with Gasteiger partial charge in [0, 0.05) is 18.8 Å². The van der Waals surface area contributed by atoms with Gasteiger partial charge in [0.2, 0.25) is 0 Å². The summed E-state index contributed by atoms with van der Waals surface area (Å²) in [4.78, 5) is 6.77. The molecule has 100 valence electrons. The van der Waals surface area contributed by atoms with Crippen molar-refractivity contribution in [1.82, 2.24) is 4.98 Å². The van der Waals surface area contributed by atoms with Crippen molar-refractivity contribution in [3.8, 4) is 6.07 Å². The van der Waals surface area contributed by atoms with E-state index in [2.05, 4.69) is 22.9 Å². The molecule has 1 saturated carbocycles. The Labute approximate surface area is 119 Å². The predicted molar refractivity (Wildman–Crippen MR) is 76.3 cm³/mol. The van der Waals surface area contributed by atoms with Gasteiger partial charge < -0.3 is 4.90 Å². The monoisotopic (exact) mass is 275 g/mol. The first-order chi connectivity index (χ1) is 9.19. The first kappa shape index (κ1) is 12.7. The van der Waals surface area contributed by atoms with E-state index < -0.39 is 0 Å². The Kier molecular flexibility index (Phi) is 3.14. The Morgan fingerprint density at radius 3 is 2.95 bits per heavy atom. The normalized spacial score (nSPS) is 24.3. The molecule has 1 spiro atoms. The van der Waals surface area contributed by atoms with Gasteiger partial charge in [-0.05, 0) is 37.2 Å². The summed E-state index contributed by atoms with van der Waals surface area (Å²) in [7, 11) is 0. The number of aromatic nitrogens is 1. The third-order valence-electron chi connectivity index (χ3n) is 4.76. The summed E-state index contributed by atoms with van der Waals surface area (Å²) in [6.07, 6.45) is 8.06. The van der Waals surface area contributed by atoms with Crippen LogP contribution in [0.15, 0.2) is 12.3 Å². The average molecular weight is 276 g/mol. The molecule has 3 rings (SSSR count). The number of hydrogen-bond donors (Lipinski definition) is 0. The van der Waals surface area contributed by atoms with Gasteiger partial charge >= 0.3 is 0 Å². The number of halogens is 1. The summed E-state index contributed by atoms with van der Waals surface area (Å²) in [5.74, 6) is 0.802. The Morgan fingerprint density at radius 1 is 1.58 bits per heavy atom. The lowest BCUT2D eigenvalue weighted by atomic mass is 9.67. The fourth-order valence-electron chi connectivity index (χ4n) is 3.54. The zero-order valence-electron chi connectivity index (χ0n) is 11.2. The van der Waals surface area contributed by atoms with Crippen molar-refractivity contribution in [2.24, 2.45) is 5.41 Å². The van der Waals surface area contributed by atoms with Gasteiger partial charge in [0.05, 0.1) is 5.56 Å². The molecular weight excluding hydrogens is 258 g/mol. The summed E-state index contributed by atoms with van der Waals surface area (Å²) < 4.78 is 0. The van der Waals surface area contributed by atoms with Gasteiger partial charge in [0.15, 0.2) is 0 Å². The molecular formula is C15H18ClN3. The van der Waals surface area contributed by atoms with Crippen molar-refractivity contribution in [2.75, 3.05) is 11.4 Å². The van der Waals surface area contributed by atoms with E-state index in [4.69, 9.17) is 16.9 Å². The van der Waals surface area contributed by atoms with Crippen molar-refractivity contribution >= 4 is 17.4 Å². The second-order valence-corrected chi connectivity index (χ2v) is 6.23. The second-order valence-electron chi connectivity index (χ2n) is 5.86. The molecule has 3 nitrogen and oxygen atoms in total. The smallest absolute Gasteiger partial charge is 0.148 e. The van der Waals surface area contributed by atoms with E-state index in [9.17, 15) is 0 Å². The zero-order chi connectivity index (χ0) is 13.5. The zero-order valence-corrected chi connectivity index (χ0v) is 12.0. The molecule has 2 heterocycles. The van der Waals surface area contributed by atoms with Crippen LogP contribution < -0.4 is 4.90 Å². The largest absolute Gasteiger partial charge is 0.352 e. The van der Waals surface area contributed by atoms with Crippen molar-refractivity contribution in [3.63, 3.8) is 0 Å². The molecule has 1 aromatic heterocycles. The van der Waals surface area contributed by atoms with Gasteiger partial charge in [0.25, 0.3) is 0 Å². The van der Waals surface area contributed by atoms with Crippen LogP contribution in [0.3, 0.4) is 0 Å². The number of nitrogens with zero attached hydrogens (tertiary/aromatic N) is 3. The molecule has 1 atom stereocenters. The maximum Gasteiger partial charge on any atom is 0.148 e. The van der Waals surface area contributed by atoms with Gasteiger partial charge in [-0.25, -0.2) is 4.98 Å². The van der Waals surface area contributed by atoms with Crippen LogP contribution in [0.1, 0.15) is 44.6 Å². The number of anilines is 1. The maximum atomic E-state index is 9.09. The van der Waals surface area contributed by atoms with Gasteiger partial charge in [-0.3, -0.25) is 0 Å². The second kappa shape index (κ2) is 4.68. The fourth-order valence-corrected chi connectivity index (χ4v) is 3.80. The van der Waals surface area contributed by atoms with Crippen LogP contribution in [0.25, 0.3) is 0 Å². The third-order valence-corrected chi connectivity index (χ3v) is 5.14. The van der Waals surface area contributed by atoms with Gasteiger partial charge in [0.1, 0.15) is 16.9 Å². The summed E-state index contributed by atoms with van der Waals surface area (Å²) in [6.45, 7) is 3.27. The van der Waals surface area contributed by atoms with Crippen LogP contribution in [-0.2, 0) is 0 Å². The molecule has 0 radical (unpaired) electrons. The number of nitriles is 1. The molecule has 2 aliphatic rings. The first-order valence-corrected chi connectivity index (χ1v) is 7.38. The first-order valence-electron chi connectivity index (χ1n) is 7.00. The maximum absolute atomic E-state index is 9.09. The van der Waals surface area contributed by atoms with Crippen LogP contribution in [0.4, 0.5) is 5.82 Å². The van der Waals surface area contributed by atoms with Gasteiger partial charge in [-0.15, -0.1) is 0 Å².